The third kappa shape index (κ3) is 2.83. The predicted octanol–water partition coefficient (Wildman–Crippen LogP) is 4.79. The summed E-state index contributed by atoms with van der Waals surface area (Å²) in [5.74, 6) is -0.385. The van der Waals surface area contributed by atoms with Crippen LogP contribution < -0.4 is 0 Å². The van der Waals surface area contributed by atoms with Crippen LogP contribution in [0.2, 0.25) is 0 Å². The Morgan fingerprint density at radius 2 is 2.17 bits per heavy atom. The van der Waals surface area contributed by atoms with E-state index in [4.69, 9.17) is 4.74 Å². The largest absolute Gasteiger partial charge is 0.461 e. The average Bonchev–Trinajstić information content (AvgIpc) is 2.91. The molecule has 24 heavy (non-hydrogen) atoms. The number of allylic oxidation sites excluding steroid dienone is 2. The van der Waals surface area contributed by atoms with Gasteiger partial charge in [0.25, 0.3) is 0 Å². The molecule has 0 aliphatic carbocycles. The molecular formula is C20H20N2O2. The lowest BCUT2D eigenvalue weighted by molar-refractivity contribution is 0.0519. The summed E-state index contributed by atoms with van der Waals surface area (Å²) in [6.07, 6.45) is 5.70. The van der Waals surface area contributed by atoms with Crippen LogP contribution in [0, 0.1) is 6.92 Å². The highest BCUT2D eigenvalue weighted by atomic mass is 16.5. The molecule has 0 atom stereocenters. The van der Waals surface area contributed by atoms with E-state index in [2.05, 4.69) is 22.6 Å². The first-order valence-corrected chi connectivity index (χ1v) is 7.93. The molecule has 3 aromatic rings. The zero-order chi connectivity index (χ0) is 17.3. The van der Waals surface area contributed by atoms with Gasteiger partial charge in [-0.3, -0.25) is 0 Å². The number of H-pyrrole nitrogens is 1. The van der Waals surface area contributed by atoms with Crippen LogP contribution >= 0.6 is 0 Å². The highest BCUT2D eigenvalue weighted by molar-refractivity contribution is 6.11. The van der Waals surface area contributed by atoms with Gasteiger partial charge in [0.05, 0.1) is 18.3 Å². The van der Waals surface area contributed by atoms with E-state index >= 15 is 0 Å². The molecule has 0 radical (unpaired) electrons. The zero-order valence-electron chi connectivity index (χ0n) is 14.1. The number of aromatic nitrogens is 2. The van der Waals surface area contributed by atoms with E-state index in [1.165, 1.54) is 0 Å². The predicted molar refractivity (Wildman–Crippen MR) is 98.1 cm³/mol. The summed E-state index contributed by atoms with van der Waals surface area (Å²) in [4.78, 5) is 19.7. The second kappa shape index (κ2) is 6.32. The van der Waals surface area contributed by atoms with Crippen LogP contribution in [0.15, 0.2) is 42.6 Å². The minimum absolute atomic E-state index is 0.335. The highest BCUT2D eigenvalue weighted by Crippen LogP contribution is 2.30. The van der Waals surface area contributed by atoms with E-state index in [-0.39, 0.29) is 5.97 Å². The fraction of sp³-hybridized carbons (Fsp3) is 0.200. The number of hydrogen-bond acceptors (Lipinski definition) is 3. The quantitative estimate of drug-likeness (QED) is 0.555. The lowest BCUT2D eigenvalue weighted by atomic mass is 10.0. The first-order chi connectivity index (χ1) is 11.5. The fourth-order valence-electron chi connectivity index (χ4n) is 2.82. The second-order valence-corrected chi connectivity index (χ2v) is 5.85. The SMILES string of the molecule is C=C(C)C=Cc1ccc2[nH]c3cnc(C(=O)OCC)c(C)c3c2c1. The minimum Gasteiger partial charge on any atom is -0.461 e. The molecule has 122 valence electrons. The maximum Gasteiger partial charge on any atom is 0.357 e. The molecule has 1 aromatic carbocycles. The Morgan fingerprint density at radius 1 is 1.38 bits per heavy atom. The summed E-state index contributed by atoms with van der Waals surface area (Å²) < 4.78 is 5.10. The first kappa shape index (κ1) is 16.0. The van der Waals surface area contributed by atoms with Gasteiger partial charge in [0, 0.05) is 16.3 Å². The number of ether oxygens (including phenoxy) is 1. The van der Waals surface area contributed by atoms with Crippen LogP contribution in [0.25, 0.3) is 27.9 Å². The topological polar surface area (TPSA) is 55.0 Å². The van der Waals surface area contributed by atoms with E-state index in [0.29, 0.717) is 12.3 Å². The average molecular weight is 320 g/mol. The molecule has 0 aliphatic heterocycles. The van der Waals surface area contributed by atoms with E-state index in [0.717, 1.165) is 38.5 Å². The van der Waals surface area contributed by atoms with E-state index in [9.17, 15) is 4.79 Å². The summed E-state index contributed by atoms with van der Waals surface area (Å²) in [7, 11) is 0. The van der Waals surface area contributed by atoms with Gasteiger partial charge < -0.3 is 9.72 Å². The van der Waals surface area contributed by atoms with Gasteiger partial charge in [-0.15, -0.1) is 0 Å². The van der Waals surface area contributed by atoms with Gasteiger partial charge in [-0.2, -0.15) is 0 Å². The number of benzene rings is 1. The van der Waals surface area contributed by atoms with Gasteiger partial charge in [-0.1, -0.05) is 30.4 Å². The molecule has 4 nitrogen and oxygen atoms in total. The normalized spacial score (nSPS) is 11.5. The molecule has 0 aliphatic rings. The smallest absolute Gasteiger partial charge is 0.357 e. The number of rotatable bonds is 4. The molecule has 3 rings (SSSR count). The van der Waals surface area contributed by atoms with Crippen LogP contribution in [0.3, 0.4) is 0 Å². The molecule has 1 N–H and O–H groups in total. The Balaban J connectivity index is 2.21. The summed E-state index contributed by atoms with van der Waals surface area (Å²) in [5, 5.41) is 2.08. The highest BCUT2D eigenvalue weighted by Gasteiger charge is 2.17. The molecular weight excluding hydrogens is 300 g/mol. The molecule has 0 fully saturated rings. The van der Waals surface area contributed by atoms with Crippen LogP contribution in [0.4, 0.5) is 0 Å². The number of esters is 1. The first-order valence-electron chi connectivity index (χ1n) is 7.93. The Labute approximate surface area is 140 Å². The molecule has 4 heteroatoms. The molecule has 0 spiro atoms. The number of nitrogens with one attached hydrogen (secondary N) is 1. The van der Waals surface area contributed by atoms with Crippen molar-refractivity contribution >= 4 is 33.9 Å². The number of nitrogens with zero attached hydrogens (tertiary/aromatic N) is 1. The molecule has 0 amide bonds. The molecule has 0 saturated heterocycles. The fourth-order valence-corrected chi connectivity index (χ4v) is 2.82. The number of pyridine rings is 1. The van der Waals surface area contributed by atoms with Crippen LogP contribution in [0.1, 0.15) is 35.5 Å². The maximum absolute atomic E-state index is 12.1. The molecule has 2 aromatic heterocycles. The lowest BCUT2D eigenvalue weighted by Gasteiger charge is -2.05. The molecule has 0 bridgehead atoms. The van der Waals surface area contributed by atoms with Crippen LogP contribution in [-0.4, -0.2) is 22.5 Å². The van der Waals surface area contributed by atoms with Crippen molar-refractivity contribution in [1.82, 2.24) is 9.97 Å². The lowest BCUT2D eigenvalue weighted by Crippen LogP contribution is -2.09. The van der Waals surface area contributed by atoms with Crippen molar-refractivity contribution in [2.24, 2.45) is 0 Å². The molecule has 0 unspecified atom stereocenters. The summed E-state index contributed by atoms with van der Waals surface area (Å²) >= 11 is 0. The summed E-state index contributed by atoms with van der Waals surface area (Å²) in [6.45, 7) is 9.88. The van der Waals surface area contributed by atoms with Crippen molar-refractivity contribution in [2.75, 3.05) is 6.61 Å². The van der Waals surface area contributed by atoms with Gasteiger partial charge in [-0.05, 0) is 44.0 Å². The number of aryl methyl sites for hydroxylation is 1. The molecule has 0 saturated carbocycles. The van der Waals surface area contributed by atoms with Crippen molar-refractivity contribution in [1.29, 1.82) is 0 Å². The van der Waals surface area contributed by atoms with Gasteiger partial charge >= 0.3 is 5.97 Å². The van der Waals surface area contributed by atoms with Gasteiger partial charge in [0.1, 0.15) is 0 Å². The zero-order valence-corrected chi connectivity index (χ0v) is 14.1. The number of fused-ring (bicyclic) bond motifs is 3. The number of hydrogen-bond donors (Lipinski definition) is 1. The molecule has 2 heterocycles. The van der Waals surface area contributed by atoms with E-state index < -0.39 is 0 Å². The Bertz CT molecular complexity index is 980. The third-order valence-electron chi connectivity index (χ3n) is 3.93. The Kier molecular flexibility index (Phi) is 4.21. The summed E-state index contributed by atoms with van der Waals surface area (Å²) in [6, 6.07) is 6.19. The minimum atomic E-state index is -0.385. The van der Waals surface area contributed by atoms with E-state index in [1.807, 2.05) is 38.1 Å². The number of carbonyl (C=O) groups excluding carboxylic acids is 1. The second-order valence-electron chi connectivity index (χ2n) is 5.85. The number of aromatic amines is 1. The van der Waals surface area contributed by atoms with E-state index in [1.54, 1.807) is 13.1 Å². The van der Waals surface area contributed by atoms with Gasteiger partial charge in [0.15, 0.2) is 5.69 Å². The van der Waals surface area contributed by atoms with Crippen molar-refractivity contribution in [3.8, 4) is 0 Å². The third-order valence-corrected chi connectivity index (χ3v) is 3.93. The maximum atomic E-state index is 12.1. The van der Waals surface area contributed by atoms with Crippen molar-refractivity contribution in [3.63, 3.8) is 0 Å². The Morgan fingerprint density at radius 3 is 2.88 bits per heavy atom. The monoisotopic (exact) mass is 320 g/mol. The van der Waals surface area contributed by atoms with Crippen LogP contribution in [0.5, 0.6) is 0 Å². The van der Waals surface area contributed by atoms with Crippen molar-refractivity contribution in [2.45, 2.75) is 20.8 Å². The van der Waals surface area contributed by atoms with Crippen molar-refractivity contribution in [3.05, 3.63) is 59.4 Å². The van der Waals surface area contributed by atoms with Crippen molar-refractivity contribution < 1.29 is 9.53 Å². The standard InChI is InChI=1S/C20H20N2O2/c1-5-24-20(23)19-13(4)18-15-10-14(7-6-12(2)3)8-9-16(15)22-17(18)11-21-19/h6-11,22H,2,5H2,1,3-4H3. The summed E-state index contributed by atoms with van der Waals surface area (Å²) in [5.41, 5.74) is 5.21. The van der Waals surface area contributed by atoms with Gasteiger partial charge in [0.2, 0.25) is 0 Å². The number of carbonyl (C=O) groups is 1. The Hall–Kier alpha value is -2.88. The van der Waals surface area contributed by atoms with Crippen LogP contribution in [-0.2, 0) is 4.74 Å². The van der Waals surface area contributed by atoms with Gasteiger partial charge in [-0.25, -0.2) is 9.78 Å².